The molecule has 12 heterocycles. The summed E-state index contributed by atoms with van der Waals surface area (Å²) >= 11 is 0. The molecule has 22 atom stereocenters. The lowest BCUT2D eigenvalue weighted by Gasteiger charge is -2.65. The number of hydrogen-bond acceptors (Lipinski definition) is 17. The predicted octanol–water partition coefficient (Wildman–Crippen LogP) is 11.3. The lowest BCUT2D eigenvalue weighted by molar-refractivity contribution is -0.587. The number of ether oxygens (including phenoxy) is 8. The zero-order valence-corrected chi connectivity index (χ0v) is 48.0. The van der Waals surface area contributed by atoms with E-state index >= 15 is 0 Å². The van der Waals surface area contributed by atoms with E-state index in [9.17, 15) is 14.4 Å². The molecule has 3 saturated carbocycles. The zero-order chi connectivity index (χ0) is 54.2. The Bertz CT molecular complexity index is 2090. The Morgan fingerprint density at radius 2 is 1.17 bits per heavy atom. The van der Waals surface area contributed by atoms with Gasteiger partial charge in [0.1, 0.15) is 0 Å². The van der Waals surface area contributed by atoms with Crippen LogP contribution in [0.15, 0.2) is 0 Å². The molecule has 17 nitrogen and oxygen atoms in total. The van der Waals surface area contributed by atoms with Crippen LogP contribution in [0.5, 0.6) is 0 Å². The van der Waals surface area contributed by atoms with Crippen LogP contribution in [-0.4, -0.2) is 90.9 Å². The molecule has 15 aliphatic rings. The van der Waals surface area contributed by atoms with Gasteiger partial charge in [0.25, 0.3) is 0 Å². The Labute approximate surface area is 452 Å². The molecule has 15 fully saturated rings. The van der Waals surface area contributed by atoms with Crippen LogP contribution in [0.1, 0.15) is 205 Å². The Kier molecular flexibility index (Phi) is 16.3. The van der Waals surface area contributed by atoms with Crippen LogP contribution in [0.2, 0.25) is 0 Å². The van der Waals surface area contributed by atoms with Crippen LogP contribution < -0.4 is 0 Å². The third-order valence-electron chi connectivity index (χ3n) is 21.7. The molecule has 6 bridgehead atoms. The maximum atomic E-state index is 12.9. The second-order valence-corrected chi connectivity index (χ2v) is 26.6. The van der Waals surface area contributed by atoms with Crippen molar-refractivity contribution in [2.24, 2.45) is 76.4 Å². The quantitative estimate of drug-likeness (QED) is 0.102. The number of rotatable bonds is 12. The van der Waals surface area contributed by atoms with Crippen molar-refractivity contribution in [1.29, 1.82) is 0 Å². The fourth-order valence-electron chi connectivity index (χ4n) is 17.1. The molecule has 12 saturated heterocycles. The minimum Gasteiger partial charge on any atom is -0.466 e. The molecule has 0 amide bonds. The summed E-state index contributed by atoms with van der Waals surface area (Å²) in [6, 6.07) is 0. The topological polar surface area (TPSA) is 180 Å². The van der Waals surface area contributed by atoms with Crippen LogP contribution >= 0.6 is 0 Å². The van der Waals surface area contributed by atoms with E-state index in [0.717, 1.165) is 103 Å². The first-order valence-electron chi connectivity index (χ1n) is 30.1. The van der Waals surface area contributed by atoms with E-state index in [1.54, 1.807) is 14.0 Å². The van der Waals surface area contributed by atoms with Crippen LogP contribution in [0, 0.1) is 76.4 Å². The molecule has 0 radical (unpaired) electrons. The van der Waals surface area contributed by atoms with Gasteiger partial charge in [-0.1, -0.05) is 81.1 Å². The summed E-state index contributed by atoms with van der Waals surface area (Å²) < 4.78 is 47.4. The highest BCUT2D eigenvalue weighted by molar-refractivity contribution is 5.75. The summed E-state index contributed by atoms with van der Waals surface area (Å²) in [6.45, 7) is 23.9. The van der Waals surface area contributed by atoms with Crippen LogP contribution in [0.4, 0.5) is 0 Å². The van der Waals surface area contributed by atoms with Gasteiger partial charge < -0.3 is 37.9 Å². The fourth-order valence-corrected chi connectivity index (χ4v) is 17.1. The van der Waals surface area contributed by atoms with E-state index in [-0.39, 0.29) is 71.5 Å². The van der Waals surface area contributed by atoms with Crippen molar-refractivity contribution in [1.82, 2.24) is 0 Å². The van der Waals surface area contributed by atoms with Crippen molar-refractivity contribution in [3.05, 3.63) is 0 Å². The monoisotopic (exact) mass is 1070 g/mol. The molecular weight excluding hydrogens is 981 g/mol. The highest BCUT2D eigenvalue weighted by Gasteiger charge is 2.75. The van der Waals surface area contributed by atoms with Crippen molar-refractivity contribution in [3.8, 4) is 0 Å². The fraction of sp³-hybridized carbons (Fsp3) is 0.949. The van der Waals surface area contributed by atoms with E-state index < -0.39 is 53.0 Å². The number of carbonyl (C=O) groups is 3. The molecule has 3 aliphatic carbocycles. The maximum absolute atomic E-state index is 12.9. The van der Waals surface area contributed by atoms with Crippen LogP contribution in [0.25, 0.3) is 0 Å². The lowest BCUT2D eigenvalue weighted by Crippen LogP contribution is -2.74. The Balaban J connectivity index is 0.000000131. The first kappa shape index (κ1) is 57.2. The number of fused-ring (bicyclic) bond motifs is 6. The second kappa shape index (κ2) is 21.7. The normalized spacial score (nSPS) is 50.1. The summed E-state index contributed by atoms with van der Waals surface area (Å²) in [6.07, 6.45) is 15.9. The van der Waals surface area contributed by atoms with Crippen molar-refractivity contribution in [2.45, 2.75) is 264 Å². The van der Waals surface area contributed by atoms with Gasteiger partial charge in [0.15, 0.2) is 29.4 Å². The third-order valence-corrected chi connectivity index (χ3v) is 21.7. The van der Waals surface area contributed by atoms with Gasteiger partial charge in [-0.05, 0) is 121 Å². The van der Waals surface area contributed by atoms with E-state index in [1.165, 1.54) is 6.42 Å². The molecular formula is C59H94O17. The van der Waals surface area contributed by atoms with Crippen LogP contribution in [0.3, 0.4) is 0 Å². The SMILES string of the molecule is CC(C)CCC[C@H]1C(=O)OC2OC3(C)CC[C@H]4[C@H](C)CCC1C24OO3.CCCC[C@H]1C(=O)OC2OC3(CCC(=O)OCC)CC[C@H]4[C@H](C)CCC1C24OO3.CO[C@H]1O[C@@H]2O[C@@]3(C)CC[C@H]4[C@H](C)CC[C@@](C)([C@H]1C)[C@@]24OO3. The van der Waals surface area contributed by atoms with Crippen molar-refractivity contribution < 1.29 is 81.6 Å². The smallest absolute Gasteiger partial charge is 0.311 e. The summed E-state index contributed by atoms with van der Waals surface area (Å²) in [7, 11) is 1.71. The van der Waals surface area contributed by atoms with E-state index in [2.05, 4.69) is 55.4 Å². The molecule has 15 rings (SSSR count). The largest absolute Gasteiger partial charge is 0.466 e. The average Bonchev–Trinajstić information content (AvgIpc) is 4.04. The van der Waals surface area contributed by atoms with Gasteiger partial charge in [-0.3, -0.25) is 14.4 Å². The highest BCUT2D eigenvalue weighted by atomic mass is 17.3. The predicted molar refractivity (Wildman–Crippen MR) is 272 cm³/mol. The molecule has 0 N–H and O–H groups in total. The second-order valence-electron chi connectivity index (χ2n) is 26.6. The Hall–Kier alpha value is -2.03. The summed E-state index contributed by atoms with van der Waals surface area (Å²) in [5.74, 6) is 0.0909. The lowest BCUT2D eigenvalue weighted by atomic mass is 9.50. The zero-order valence-electron chi connectivity index (χ0n) is 48.0. The van der Waals surface area contributed by atoms with E-state index in [0.29, 0.717) is 55.0 Å². The van der Waals surface area contributed by atoms with Gasteiger partial charge in [-0.2, -0.15) is 0 Å². The Morgan fingerprint density at radius 3 is 1.78 bits per heavy atom. The van der Waals surface area contributed by atoms with Gasteiger partial charge in [0, 0.05) is 67.8 Å². The number of esters is 3. The summed E-state index contributed by atoms with van der Waals surface area (Å²) in [4.78, 5) is 73.6. The van der Waals surface area contributed by atoms with Crippen molar-refractivity contribution >= 4 is 17.9 Å². The Morgan fingerprint density at radius 1 is 0.618 bits per heavy atom. The molecule has 12 aliphatic heterocycles. The van der Waals surface area contributed by atoms with Gasteiger partial charge in [-0.25, -0.2) is 29.3 Å². The van der Waals surface area contributed by atoms with Gasteiger partial charge in [-0.15, -0.1) is 0 Å². The summed E-state index contributed by atoms with van der Waals surface area (Å²) in [5, 5.41) is 0. The van der Waals surface area contributed by atoms with E-state index in [1.807, 2.05) is 13.8 Å². The highest BCUT2D eigenvalue weighted by Crippen LogP contribution is 2.67. The maximum Gasteiger partial charge on any atom is 0.311 e. The number of carbonyl (C=O) groups excluding carboxylic acids is 3. The standard InChI is InChI=1S/C22H34O7.C20H32O5.C17H28O5/c1-4-6-7-15-17-9-8-14(3)16-10-12-21(13-11-18(23)25-5-2)27-20(26-19(15)24)22(16,17)29-28-21;1-12(2)6-5-7-14-16-9-8-13(3)15-10-11-19(4)23-18(22-17(14)21)20(15,16)25-24-19;1-10-6-8-15(3)11(2)13(18-5)19-14-17(15)12(10)7-9-16(4,20-14)21-22-17/h14-17,20H,4-13H2,1-3H3;12-16,18H,5-11H2,1-4H3;10-14H,6-9H2,1-5H3/t14-,15-,16+,17?,20?,21?,22?;13-,14-,15+,16?,18?,19?,20?;10-,11+,12+,13+,14-,15+,16-,17+/m111/s1. The molecule has 0 aromatic heterocycles. The molecule has 8 unspecified atom stereocenters. The number of hydrogen-bond donors (Lipinski definition) is 0. The first-order chi connectivity index (χ1) is 36.2. The van der Waals surface area contributed by atoms with Crippen molar-refractivity contribution in [3.63, 3.8) is 0 Å². The molecule has 0 aromatic rings. The first-order valence-corrected chi connectivity index (χ1v) is 30.1. The minimum absolute atomic E-state index is 0.0441. The minimum atomic E-state index is -1.07. The molecule has 0 aromatic carbocycles. The molecule has 432 valence electrons. The number of methoxy groups -OCH3 is 1. The van der Waals surface area contributed by atoms with Crippen molar-refractivity contribution in [2.75, 3.05) is 13.7 Å². The molecule has 17 heteroatoms. The van der Waals surface area contributed by atoms with Gasteiger partial charge in [0.2, 0.25) is 29.9 Å². The number of unbranched alkanes of at least 4 members (excludes halogenated alkanes) is 1. The summed E-state index contributed by atoms with van der Waals surface area (Å²) in [5.41, 5.74) is -1.98. The van der Waals surface area contributed by atoms with Gasteiger partial charge >= 0.3 is 17.9 Å². The molecule has 76 heavy (non-hydrogen) atoms. The van der Waals surface area contributed by atoms with Gasteiger partial charge in [0.05, 0.1) is 24.9 Å². The average molecular weight is 1080 g/mol. The third kappa shape index (κ3) is 9.44. The van der Waals surface area contributed by atoms with E-state index in [4.69, 9.17) is 67.2 Å². The van der Waals surface area contributed by atoms with Crippen LogP contribution in [-0.2, 0) is 81.6 Å². The molecule has 3 spiro atoms.